The van der Waals surface area contributed by atoms with E-state index in [-0.39, 0.29) is 18.2 Å². The van der Waals surface area contributed by atoms with Crippen molar-refractivity contribution in [2.24, 2.45) is 0 Å². The molecule has 4 nitrogen and oxygen atoms in total. The molecule has 1 fully saturated rings. The van der Waals surface area contributed by atoms with Crippen molar-refractivity contribution in [2.75, 3.05) is 11.9 Å². The van der Waals surface area contributed by atoms with Crippen molar-refractivity contribution in [3.8, 4) is 0 Å². The summed E-state index contributed by atoms with van der Waals surface area (Å²) in [6, 6.07) is 14.7. The molecule has 0 bridgehead atoms. The lowest BCUT2D eigenvalue weighted by atomic mass is 10.1. The molecule has 5 heteroatoms. The minimum absolute atomic E-state index is 0.138. The van der Waals surface area contributed by atoms with E-state index in [0.717, 1.165) is 10.5 Å². The maximum Gasteiger partial charge on any atom is 0.251 e. The minimum Gasteiger partial charge on any atom is -0.290 e. The number of imide groups is 1. The molecule has 0 radical (unpaired) electrons. The Bertz CT molecular complexity index is 716. The minimum atomic E-state index is -0.493. The van der Waals surface area contributed by atoms with Crippen LogP contribution in [0.2, 0.25) is 0 Å². The van der Waals surface area contributed by atoms with Crippen LogP contribution in [0.1, 0.15) is 12.0 Å². The van der Waals surface area contributed by atoms with E-state index in [1.807, 2.05) is 42.3 Å². The number of rotatable bonds is 4. The van der Waals surface area contributed by atoms with E-state index >= 15 is 0 Å². The molecule has 0 aliphatic carbocycles. The van der Waals surface area contributed by atoms with E-state index in [0.29, 0.717) is 12.2 Å². The molecule has 0 unspecified atom stereocenters. The molecule has 23 heavy (non-hydrogen) atoms. The van der Waals surface area contributed by atoms with E-state index in [2.05, 4.69) is 0 Å². The van der Waals surface area contributed by atoms with Crippen LogP contribution in [-0.4, -0.2) is 29.8 Å². The number of carbonyl (C=O) groups excluding carboxylic acids is 2. The number of benzene rings is 2. The Hall–Kier alpha value is -2.53. The van der Waals surface area contributed by atoms with E-state index < -0.39 is 11.9 Å². The SMILES string of the molecule is CN(Cc1ccccc1)[C@@H]1CC(=O)N(c2ccc(F)cc2)C1=O. The van der Waals surface area contributed by atoms with Gasteiger partial charge in [0, 0.05) is 6.54 Å². The van der Waals surface area contributed by atoms with E-state index in [9.17, 15) is 14.0 Å². The predicted molar refractivity (Wildman–Crippen MR) is 85.2 cm³/mol. The van der Waals surface area contributed by atoms with Gasteiger partial charge in [-0.25, -0.2) is 9.29 Å². The fourth-order valence-corrected chi connectivity index (χ4v) is 2.80. The molecular weight excluding hydrogens is 295 g/mol. The average Bonchev–Trinajstić information content (AvgIpc) is 2.84. The lowest BCUT2D eigenvalue weighted by molar-refractivity contribution is -0.122. The van der Waals surface area contributed by atoms with Crippen LogP contribution in [0.3, 0.4) is 0 Å². The second-order valence-electron chi connectivity index (χ2n) is 5.66. The molecule has 1 aliphatic heterocycles. The molecule has 0 aromatic heterocycles. The first-order chi connectivity index (χ1) is 11.1. The Balaban J connectivity index is 1.76. The highest BCUT2D eigenvalue weighted by atomic mass is 19.1. The van der Waals surface area contributed by atoms with Gasteiger partial charge < -0.3 is 0 Å². The van der Waals surface area contributed by atoms with Crippen molar-refractivity contribution in [3.63, 3.8) is 0 Å². The van der Waals surface area contributed by atoms with Crippen LogP contribution in [0.25, 0.3) is 0 Å². The van der Waals surface area contributed by atoms with Gasteiger partial charge in [0.2, 0.25) is 5.91 Å². The van der Waals surface area contributed by atoms with E-state index in [4.69, 9.17) is 0 Å². The normalized spacial score (nSPS) is 18.0. The first kappa shape index (κ1) is 15.4. The number of likely N-dealkylation sites (N-methyl/N-ethyl adjacent to an activating group) is 1. The van der Waals surface area contributed by atoms with Crippen molar-refractivity contribution in [2.45, 2.75) is 19.0 Å². The van der Waals surface area contributed by atoms with Gasteiger partial charge in [-0.1, -0.05) is 30.3 Å². The van der Waals surface area contributed by atoms with Crippen molar-refractivity contribution >= 4 is 17.5 Å². The summed E-state index contributed by atoms with van der Waals surface area (Å²) in [6.45, 7) is 0.585. The summed E-state index contributed by atoms with van der Waals surface area (Å²) in [4.78, 5) is 27.8. The quantitative estimate of drug-likeness (QED) is 0.815. The highest BCUT2D eigenvalue weighted by Crippen LogP contribution is 2.26. The van der Waals surface area contributed by atoms with Crippen molar-refractivity contribution in [1.82, 2.24) is 4.90 Å². The maximum atomic E-state index is 13.0. The third kappa shape index (κ3) is 3.14. The highest BCUT2D eigenvalue weighted by Gasteiger charge is 2.41. The Labute approximate surface area is 134 Å². The number of amides is 2. The van der Waals surface area contributed by atoms with Crippen LogP contribution in [0.4, 0.5) is 10.1 Å². The summed E-state index contributed by atoms with van der Waals surface area (Å²) in [5, 5.41) is 0. The lowest BCUT2D eigenvalue weighted by Crippen LogP contribution is -2.39. The average molecular weight is 312 g/mol. The van der Waals surface area contributed by atoms with E-state index in [1.54, 1.807) is 0 Å². The van der Waals surface area contributed by atoms with E-state index in [1.165, 1.54) is 24.3 Å². The second kappa shape index (κ2) is 6.30. The molecule has 1 heterocycles. The molecule has 0 saturated carbocycles. The highest BCUT2D eigenvalue weighted by molar-refractivity contribution is 6.22. The fourth-order valence-electron chi connectivity index (χ4n) is 2.80. The predicted octanol–water partition coefficient (Wildman–Crippen LogP) is 2.59. The molecule has 0 N–H and O–H groups in total. The number of carbonyl (C=O) groups is 2. The first-order valence-electron chi connectivity index (χ1n) is 7.43. The summed E-state index contributed by atoms with van der Waals surface area (Å²) in [7, 11) is 1.83. The Morgan fingerprint density at radius 2 is 1.74 bits per heavy atom. The third-order valence-electron chi connectivity index (χ3n) is 4.01. The topological polar surface area (TPSA) is 40.6 Å². The Morgan fingerprint density at radius 3 is 2.39 bits per heavy atom. The zero-order chi connectivity index (χ0) is 16.4. The Morgan fingerprint density at radius 1 is 1.09 bits per heavy atom. The number of hydrogen-bond donors (Lipinski definition) is 0. The number of hydrogen-bond acceptors (Lipinski definition) is 3. The third-order valence-corrected chi connectivity index (χ3v) is 4.01. The molecular formula is C18H17FN2O2. The van der Waals surface area contributed by atoms with Gasteiger partial charge >= 0.3 is 0 Å². The fraction of sp³-hybridized carbons (Fsp3) is 0.222. The summed E-state index contributed by atoms with van der Waals surface area (Å²) in [6.07, 6.45) is 0.138. The molecule has 2 aromatic carbocycles. The zero-order valence-corrected chi connectivity index (χ0v) is 12.8. The van der Waals surface area contributed by atoms with Crippen molar-refractivity contribution < 1.29 is 14.0 Å². The molecule has 2 amide bonds. The van der Waals surface area contributed by atoms with Crippen molar-refractivity contribution in [3.05, 3.63) is 66.0 Å². The first-order valence-corrected chi connectivity index (χ1v) is 7.43. The van der Waals surface area contributed by atoms with Gasteiger partial charge in [0.25, 0.3) is 5.91 Å². The van der Waals surface area contributed by atoms with Gasteiger partial charge in [0.05, 0.1) is 18.2 Å². The second-order valence-corrected chi connectivity index (χ2v) is 5.66. The summed E-state index contributed by atoms with van der Waals surface area (Å²) in [5.74, 6) is -0.919. The van der Waals surface area contributed by atoms with Crippen LogP contribution in [0.5, 0.6) is 0 Å². The number of anilines is 1. The molecule has 0 spiro atoms. The van der Waals surface area contributed by atoms with Crippen molar-refractivity contribution in [1.29, 1.82) is 0 Å². The smallest absolute Gasteiger partial charge is 0.251 e. The van der Waals surface area contributed by atoms with Crippen LogP contribution < -0.4 is 4.90 Å². The van der Waals surface area contributed by atoms with Crippen LogP contribution in [0, 0.1) is 5.82 Å². The Kier molecular flexibility index (Phi) is 4.21. The summed E-state index contributed by atoms with van der Waals surface area (Å²) < 4.78 is 13.0. The van der Waals surface area contributed by atoms with Gasteiger partial charge in [-0.05, 0) is 36.9 Å². The largest absolute Gasteiger partial charge is 0.290 e. The number of halogens is 1. The summed E-state index contributed by atoms with van der Waals surface area (Å²) in [5.41, 5.74) is 1.49. The molecule has 1 atom stereocenters. The van der Waals surface area contributed by atoms with Crippen LogP contribution in [-0.2, 0) is 16.1 Å². The lowest BCUT2D eigenvalue weighted by Gasteiger charge is -2.23. The van der Waals surface area contributed by atoms with Gasteiger partial charge in [0.1, 0.15) is 5.82 Å². The molecule has 3 rings (SSSR count). The zero-order valence-electron chi connectivity index (χ0n) is 12.8. The standard InChI is InChI=1S/C18H17FN2O2/c1-20(12-13-5-3-2-4-6-13)16-11-17(22)21(18(16)23)15-9-7-14(19)8-10-15/h2-10,16H,11-12H2,1H3/t16-/m1/s1. The molecule has 2 aromatic rings. The van der Waals surface area contributed by atoms with Gasteiger partial charge in [-0.2, -0.15) is 0 Å². The van der Waals surface area contributed by atoms with Gasteiger partial charge in [-0.15, -0.1) is 0 Å². The van der Waals surface area contributed by atoms with Crippen LogP contribution >= 0.6 is 0 Å². The van der Waals surface area contributed by atoms with Gasteiger partial charge in [0.15, 0.2) is 0 Å². The summed E-state index contributed by atoms with van der Waals surface area (Å²) >= 11 is 0. The molecule has 118 valence electrons. The van der Waals surface area contributed by atoms with Crippen LogP contribution in [0.15, 0.2) is 54.6 Å². The molecule has 1 aliphatic rings. The maximum absolute atomic E-state index is 13.0. The van der Waals surface area contributed by atoms with Gasteiger partial charge in [-0.3, -0.25) is 14.5 Å². The molecule has 1 saturated heterocycles. The monoisotopic (exact) mass is 312 g/mol. The number of nitrogens with zero attached hydrogens (tertiary/aromatic N) is 2.